The van der Waals surface area contributed by atoms with E-state index in [1.165, 1.54) is 6.07 Å². The zero-order valence-electron chi connectivity index (χ0n) is 17.7. The summed E-state index contributed by atoms with van der Waals surface area (Å²) in [5.41, 5.74) is 0.678. The number of hydrogen-bond acceptors (Lipinski definition) is 4. The zero-order chi connectivity index (χ0) is 24.5. The van der Waals surface area contributed by atoms with E-state index < -0.39 is 29.9 Å². The molecule has 0 spiro atoms. The Kier molecular flexibility index (Phi) is 6.34. The quantitative estimate of drug-likeness (QED) is 0.328. The maximum Gasteiger partial charge on any atom is 0.416 e. The van der Waals surface area contributed by atoms with Gasteiger partial charge >= 0.3 is 11.8 Å². The van der Waals surface area contributed by atoms with E-state index in [1.54, 1.807) is 19.1 Å². The van der Waals surface area contributed by atoms with Crippen LogP contribution in [0.3, 0.4) is 0 Å². The molecule has 0 bridgehead atoms. The molecule has 1 heterocycles. The summed E-state index contributed by atoms with van der Waals surface area (Å²) in [6.07, 6.45) is -4.58. The first-order valence-corrected chi connectivity index (χ1v) is 10.4. The number of halogens is 4. The van der Waals surface area contributed by atoms with Gasteiger partial charge in [-0.05, 0) is 48.4 Å². The number of benzene rings is 3. The number of rotatable bonds is 5. The summed E-state index contributed by atoms with van der Waals surface area (Å²) >= 11 is 5.91. The molecule has 0 fully saturated rings. The molecule has 0 saturated heterocycles. The predicted octanol–water partition coefficient (Wildman–Crippen LogP) is 6.46. The normalized spacial score (nSPS) is 11.4. The Labute approximate surface area is 196 Å². The van der Waals surface area contributed by atoms with Crippen molar-refractivity contribution in [3.05, 3.63) is 93.3 Å². The minimum absolute atomic E-state index is 0.0431. The number of amides is 1. The number of hydrogen-bond donors (Lipinski definition) is 1. The number of anilines is 1. The van der Waals surface area contributed by atoms with Crippen LogP contribution in [0.4, 0.5) is 18.9 Å². The van der Waals surface area contributed by atoms with Crippen LogP contribution in [0.15, 0.2) is 75.9 Å². The molecule has 9 heteroatoms. The zero-order valence-corrected chi connectivity index (χ0v) is 18.5. The Bertz CT molecular complexity index is 1430. The largest absolute Gasteiger partial charge is 0.483 e. The third-order valence-electron chi connectivity index (χ3n) is 5.12. The summed E-state index contributed by atoms with van der Waals surface area (Å²) in [4.78, 5) is 24.5. The van der Waals surface area contributed by atoms with E-state index in [-0.39, 0.29) is 16.5 Å². The summed E-state index contributed by atoms with van der Waals surface area (Å²) in [5.74, 6) is -0.425. The SMILES string of the molecule is Cc1c(OCC(=O)Nc2cc(C(F)(F)F)ccc2Cl)ccc2c(-c3ccccc3)cc(=O)oc12. The van der Waals surface area contributed by atoms with E-state index in [2.05, 4.69) is 5.32 Å². The summed E-state index contributed by atoms with van der Waals surface area (Å²) in [6.45, 7) is 1.18. The summed E-state index contributed by atoms with van der Waals surface area (Å²) < 4.78 is 49.8. The van der Waals surface area contributed by atoms with Crippen molar-refractivity contribution >= 4 is 34.2 Å². The highest BCUT2D eigenvalue weighted by Gasteiger charge is 2.31. The third-order valence-corrected chi connectivity index (χ3v) is 5.45. The van der Waals surface area contributed by atoms with Crippen LogP contribution in [-0.2, 0) is 11.0 Å². The lowest BCUT2D eigenvalue weighted by molar-refractivity contribution is -0.137. The molecule has 4 rings (SSSR count). The van der Waals surface area contributed by atoms with Crippen LogP contribution < -0.4 is 15.7 Å². The highest BCUT2D eigenvalue weighted by molar-refractivity contribution is 6.33. The lowest BCUT2D eigenvalue weighted by Gasteiger charge is -2.14. The maximum atomic E-state index is 12.9. The first-order chi connectivity index (χ1) is 16.1. The molecule has 0 atom stereocenters. The lowest BCUT2D eigenvalue weighted by Crippen LogP contribution is -2.21. The Morgan fingerprint density at radius 2 is 1.79 bits per heavy atom. The minimum Gasteiger partial charge on any atom is -0.483 e. The number of fused-ring (bicyclic) bond motifs is 1. The van der Waals surface area contributed by atoms with Gasteiger partial charge in [0.05, 0.1) is 16.3 Å². The molecule has 1 amide bonds. The summed E-state index contributed by atoms with van der Waals surface area (Å²) in [7, 11) is 0. The van der Waals surface area contributed by atoms with Crippen LogP contribution in [0.1, 0.15) is 11.1 Å². The highest BCUT2D eigenvalue weighted by Crippen LogP contribution is 2.35. The average molecular weight is 488 g/mol. The highest BCUT2D eigenvalue weighted by atomic mass is 35.5. The maximum absolute atomic E-state index is 12.9. The van der Waals surface area contributed by atoms with Crippen LogP contribution in [0.25, 0.3) is 22.1 Å². The second-order valence-corrected chi connectivity index (χ2v) is 7.85. The van der Waals surface area contributed by atoms with Gasteiger partial charge in [-0.3, -0.25) is 4.79 Å². The van der Waals surface area contributed by atoms with Crippen LogP contribution >= 0.6 is 11.6 Å². The van der Waals surface area contributed by atoms with Gasteiger partial charge in [0, 0.05) is 17.0 Å². The molecule has 5 nitrogen and oxygen atoms in total. The Balaban J connectivity index is 1.56. The molecule has 174 valence electrons. The molecule has 1 N–H and O–H groups in total. The number of aryl methyl sites for hydroxylation is 1. The van der Waals surface area contributed by atoms with Gasteiger partial charge in [-0.2, -0.15) is 13.2 Å². The molecule has 0 aliphatic heterocycles. The second-order valence-electron chi connectivity index (χ2n) is 7.44. The van der Waals surface area contributed by atoms with Gasteiger partial charge in [0.1, 0.15) is 11.3 Å². The molecular weight excluding hydrogens is 471 g/mol. The van der Waals surface area contributed by atoms with Crippen molar-refractivity contribution in [2.24, 2.45) is 0 Å². The Morgan fingerprint density at radius 3 is 2.50 bits per heavy atom. The Morgan fingerprint density at radius 1 is 1.06 bits per heavy atom. The topological polar surface area (TPSA) is 68.5 Å². The van der Waals surface area contributed by atoms with E-state index in [4.69, 9.17) is 20.8 Å². The lowest BCUT2D eigenvalue weighted by atomic mass is 10.0. The van der Waals surface area contributed by atoms with Crippen molar-refractivity contribution in [1.29, 1.82) is 0 Å². The van der Waals surface area contributed by atoms with E-state index in [9.17, 15) is 22.8 Å². The number of alkyl halides is 3. The van der Waals surface area contributed by atoms with E-state index >= 15 is 0 Å². The molecule has 1 aromatic heterocycles. The Hall–Kier alpha value is -3.78. The number of ether oxygens (including phenoxy) is 1. The van der Waals surface area contributed by atoms with Gasteiger partial charge in [-0.1, -0.05) is 41.9 Å². The van der Waals surface area contributed by atoms with Gasteiger partial charge in [-0.25, -0.2) is 4.79 Å². The van der Waals surface area contributed by atoms with Crippen molar-refractivity contribution in [1.82, 2.24) is 0 Å². The average Bonchev–Trinajstić information content (AvgIpc) is 2.80. The molecule has 0 saturated carbocycles. The number of nitrogens with one attached hydrogen (secondary N) is 1. The predicted molar refractivity (Wildman–Crippen MR) is 123 cm³/mol. The minimum atomic E-state index is -4.58. The van der Waals surface area contributed by atoms with Crippen molar-refractivity contribution in [3.8, 4) is 16.9 Å². The molecule has 0 aliphatic carbocycles. The summed E-state index contributed by atoms with van der Waals surface area (Å²) in [6, 6.07) is 16.7. The van der Waals surface area contributed by atoms with E-state index in [0.717, 1.165) is 23.8 Å². The molecule has 0 aliphatic rings. The van der Waals surface area contributed by atoms with Crippen molar-refractivity contribution in [2.45, 2.75) is 13.1 Å². The van der Waals surface area contributed by atoms with E-state index in [1.807, 2.05) is 30.3 Å². The first kappa shape index (κ1) is 23.4. The fourth-order valence-electron chi connectivity index (χ4n) is 3.48. The van der Waals surface area contributed by atoms with Crippen LogP contribution in [-0.4, -0.2) is 12.5 Å². The van der Waals surface area contributed by atoms with Gasteiger partial charge in [0.25, 0.3) is 5.91 Å². The first-order valence-electron chi connectivity index (χ1n) is 10.1. The summed E-state index contributed by atoms with van der Waals surface area (Å²) in [5, 5.41) is 2.97. The molecule has 34 heavy (non-hydrogen) atoms. The van der Waals surface area contributed by atoms with Crippen LogP contribution in [0.2, 0.25) is 5.02 Å². The van der Waals surface area contributed by atoms with Gasteiger partial charge in [0.15, 0.2) is 6.61 Å². The molecule has 0 radical (unpaired) electrons. The van der Waals surface area contributed by atoms with Gasteiger partial charge in [0.2, 0.25) is 0 Å². The fraction of sp³-hybridized carbons (Fsp3) is 0.120. The van der Waals surface area contributed by atoms with Gasteiger partial charge < -0.3 is 14.5 Å². The van der Waals surface area contributed by atoms with Crippen molar-refractivity contribution in [2.75, 3.05) is 11.9 Å². The molecule has 4 aromatic rings. The van der Waals surface area contributed by atoms with Crippen molar-refractivity contribution < 1.29 is 27.1 Å². The van der Waals surface area contributed by atoms with Crippen LogP contribution in [0, 0.1) is 6.92 Å². The third kappa shape index (κ3) is 4.92. The molecule has 0 unspecified atom stereocenters. The van der Waals surface area contributed by atoms with Gasteiger partial charge in [-0.15, -0.1) is 0 Å². The number of carbonyl (C=O) groups excluding carboxylic acids is 1. The molecular formula is C25H17ClF3NO4. The van der Waals surface area contributed by atoms with E-state index in [0.29, 0.717) is 22.1 Å². The van der Waals surface area contributed by atoms with Crippen molar-refractivity contribution in [3.63, 3.8) is 0 Å². The number of carbonyl (C=O) groups is 1. The molecule has 3 aromatic carbocycles. The standard InChI is InChI=1S/C25H17ClF3NO4/c1-14-21(33-13-22(31)30-20-11-16(25(27,28)29)7-9-19(20)26)10-8-17-18(12-23(32)34-24(14)17)15-5-3-2-4-6-15/h2-12H,13H2,1H3,(H,30,31). The smallest absolute Gasteiger partial charge is 0.416 e. The second kappa shape index (κ2) is 9.23. The fourth-order valence-corrected chi connectivity index (χ4v) is 3.65. The monoisotopic (exact) mass is 487 g/mol. The van der Waals surface area contributed by atoms with Crippen LogP contribution in [0.5, 0.6) is 5.75 Å².